The Balaban J connectivity index is 2.55. The second-order valence-corrected chi connectivity index (χ2v) is 8.17. The zero-order chi connectivity index (χ0) is 27.4. The van der Waals surface area contributed by atoms with Gasteiger partial charge in [-0.1, -0.05) is 23.8 Å². The molecular weight excluding hydrogens is 482 g/mol. The van der Waals surface area contributed by atoms with Gasteiger partial charge in [0.15, 0.2) is 25.6 Å². The smallest absolute Gasteiger partial charge is 0.315 e. The van der Waals surface area contributed by atoms with Crippen LogP contribution in [0.3, 0.4) is 0 Å². The van der Waals surface area contributed by atoms with Crippen molar-refractivity contribution >= 4 is 17.8 Å². The van der Waals surface area contributed by atoms with Crippen LogP contribution in [0.15, 0.2) is 35.9 Å². The number of hydrogen-bond acceptors (Lipinski definition) is 9. The Bertz CT molecular complexity index is 1080. The predicted octanol–water partition coefficient (Wildman–Crippen LogP) is 5.62. The summed E-state index contributed by atoms with van der Waals surface area (Å²) >= 11 is 0. The quantitative estimate of drug-likeness (QED) is 0.0978. The summed E-state index contributed by atoms with van der Waals surface area (Å²) in [5.74, 6) is 1.39. The molecule has 0 aliphatic carbocycles. The first-order chi connectivity index (χ1) is 17.7. The van der Waals surface area contributed by atoms with E-state index in [1.807, 2.05) is 26.0 Å². The average Bonchev–Trinajstić information content (AvgIpc) is 2.88. The van der Waals surface area contributed by atoms with Gasteiger partial charge in [0.1, 0.15) is 11.5 Å². The second-order valence-electron chi connectivity index (χ2n) is 8.17. The summed E-state index contributed by atoms with van der Waals surface area (Å²) in [6, 6.07) is 6.76. The molecule has 0 fully saturated rings. The van der Waals surface area contributed by atoms with E-state index in [4.69, 9.17) is 33.2 Å². The van der Waals surface area contributed by atoms with E-state index in [1.54, 1.807) is 39.4 Å². The van der Waals surface area contributed by atoms with Gasteiger partial charge in [0.05, 0.1) is 12.0 Å². The summed E-state index contributed by atoms with van der Waals surface area (Å²) in [5.41, 5.74) is 3.04. The van der Waals surface area contributed by atoms with Gasteiger partial charge >= 0.3 is 5.69 Å². The van der Waals surface area contributed by atoms with Crippen molar-refractivity contribution in [1.82, 2.24) is 0 Å². The number of benzene rings is 2. The Morgan fingerprint density at radius 2 is 1.46 bits per heavy atom. The molecule has 37 heavy (non-hydrogen) atoms. The standard InChI is InChI=1S/C27H35NO9/c1-18(2)8-11-22-24(35-16-31-4)13-21(14-25(22)36-17-32-5)10-9-20-12-23(28(29)30)27(26(15-20)34-7)37-19(3)33-6/h8-10,12-15,19H,11,16-17H2,1-7H3. The molecule has 0 saturated heterocycles. The summed E-state index contributed by atoms with van der Waals surface area (Å²) in [6.45, 7) is 5.78. The maximum Gasteiger partial charge on any atom is 0.315 e. The summed E-state index contributed by atoms with van der Waals surface area (Å²) in [6.07, 6.45) is 5.49. The van der Waals surface area contributed by atoms with Crippen LogP contribution in [0.25, 0.3) is 12.2 Å². The fourth-order valence-corrected chi connectivity index (χ4v) is 3.26. The van der Waals surface area contributed by atoms with Crippen LogP contribution in [0.5, 0.6) is 23.0 Å². The number of nitrogens with zero attached hydrogens (tertiary/aromatic N) is 1. The number of rotatable bonds is 15. The largest absolute Gasteiger partial charge is 0.493 e. The normalized spacial score (nSPS) is 11.8. The minimum atomic E-state index is -0.699. The fourth-order valence-electron chi connectivity index (χ4n) is 3.26. The summed E-state index contributed by atoms with van der Waals surface area (Å²) in [4.78, 5) is 11.2. The van der Waals surface area contributed by atoms with Gasteiger partial charge in [0.2, 0.25) is 5.75 Å². The van der Waals surface area contributed by atoms with Crippen LogP contribution in [-0.4, -0.2) is 53.2 Å². The predicted molar refractivity (Wildman–Crippen MR) is 140 cm³/mol. The maximum atomic E-state index is 11.8. The molecule has 2 aromatic carbocycles. The molecule has 0 heterocycles. The van der Waals surface area contributed by atoms with Crippen molar-refractivity contribution in [2.75, 3.05) is 42.0 Å². The summed E-state index contributed by atoms with van der Waals surface area (Å²) in [5, 5.41) is 11.8. The summed E-state index contributed by atoms with van der Waals surface area (Å²) < 4.78 is 37.9. The van der Waals surface area contributed by atoms with Crippen LogP contribution < -0.4 is 18.9 Å². The van der Waals surface area contributed by atoms with Crippen molar-refractivity contribution in [3.8, 4) is 23.0 Å². The van der Waals surface area contributed by atoms with Gasteiger partial charge in [-0.05, 0) is 56.5 Å². The van der Waals surface area contributed by atoms with Gasteiger partial charge < -0.3 is 33.2 Å². The van der Waals surface area contributed by atoms with Crippen LogP contribution in [0, 0.1) is 10.1 Å². The Kier molecular flexibility index (Phi) is 11.9. The highest BCUT2D eigenvalue weighted by molar-refractivity contribution is 5.75. The number of allylic oxidation sites excluding steroid dienone is 2. The second kappa shape index (κ2) is 14.8. The van der Waals surface area contributed by atoms with Gasteiger partial charge in [0, 0.05) is 33.0 Å². The van der Waals surface area contributed by atoms with E-state index in [-0.39, 0.29) is 30.8 Å². The molecule has 0 aromatic heterocycles. The zero-order valence-electron chi connectivity index (χ0n) is 22.4. The molecule has 0 spiro atoms. The zero-order valence-corrected chi connectivity index (χ0v) is 22.4. The maximum absolute atomic E-state index is 11.8. The topological polar surface area (TPSA) is 108 Å². The van der Waals surface area contributed by atoms with Crippen LogP contribution in [0.2, 0.25) is 0 Å². The molecule has 10 nitrogen and oxygen atoms in total. The minimum Gasteiger partial charge on any atom is -0.493 e. The molecule has 2 rings (SSSR count). The van der Waals surface area contributed by atoms with Crippen LogP contribution in [0.4, 0.5) is 5.69 Å². The van der Waals surface area contributed by atoms with Crippen LogP contribution in [-0.2, 0) is 20.6 Å². The summed E-state index contributed by atoms with van der Waals surface area (Å²) in [7, 11) is 5.95. The van der Waals surface area contributed by atoms with Crippen molar-refractivity contribution in [2.24, 2.45) is 0 Å². The van der Waals surface area contributed by atoms with E-state index in [0.29, 0.717) is 23.5 Å². The third-order valence-corrected chi connectivity index (χ3v) is 5.13. The molecule has 1 atom stereocenters. The molecule has 10 heteroatoms. The lowest BCUT2D eigenvalue weighted by Gasteiger charge is -2.17. The Hall–Kier alpha value is -3.60. The highest BCUT2D eigenvalue weighted by atomic mass is 16.7. The van der Waals surface area contributed by atoms with Gasteiger partial charge in [0.25, 0.3) is 0 Å². The lowest BCUT2D eigenvalue weighted by atomic mass is 10.0. The molecule has 0 radical (unpaired) electrons. The van der Waals surface area contributed by atoms with E-state index >= 15 is 0 Å². The van der Waals surface area contributed by atoms with E-state index < -0.39 is 11.2 Å². The number of nitro groups is 1. The van der Waals surface area contributed by atoms with Crippen molar-refractivity contribution < 1.29 is 38.1 Å². The number of ether oxygens (including phenoxy) is 7. The lowest BCUT2D eigenvalue weighted by molar-refractivity contribution is -0.386. The highest BCUT2D eigenvalue weighted by Gasteiger charge is 2.23. The van der Waals surface area contributed by atoms with Crippen LogP contribution in [0.1, 0.15) is 37.5 Å². The molecule has 0 aliphatic rings. The van der Waals surface area contributed by atoms with Crippen molar-refractivity contribution in [3.05, 3.63) is 62.7 Å². The SMILES string of the molecule is COCOc1cc(C=Cc2cc(OC)c(OC(C)OC)c([N+](=O)[O-])c2)cc(OCOC)c1CC=C(C)C. The number of hydrogen-bond donors (Lipinski definition) is 0. The molecule has 2 aromatic rings. The first kappa shape index (κ1) is 29.6. The monoisotopic (exact) mass is 517 g/mol. The Morgan fingerprint density at radius 1 is 0.919 bits per heavy atom. The molecule has 0 aliphatic heterocycles. The highest BCUT2D eigenvalue weighted by Crippen LogP contribution is 2.40. The van der Waals surface area contributed by atoms with Gasteiger partial charge in [-0.3, -0.25) is 10.1 Å². The average molecular weight is 518 g/mol. The van der Waals surface area contributed by atoms with Crippen molar-refractivity contribution in [3.63, 3.8) is 0 Å². The van der Waals surface area contributed by atoms with Crippen LogP contribution >= 0.6 is 0 Å². The molecule has 0 bridgehead atoms. The molecule has 0 amide bonds. The van der Waals surface area contributed by atoms with E-state index in [9.17, 15) is 10.1 Å². The lowest BCUT2D eigenvalue weighted by Crippen LogP contribution is -2.15. The van der Waals surface area contributed by atoms with Gasteiger partial charge in [-0.15, -0.1) is 0 Å². The third-order valence-electron chi connectivity index (χ3n) is 5.13. The fraction of sp³-hybridized carbons (Fsp3) is 0.407. The number of nitro benzene ring substituents is 1. The molecule has 1 unspecified atom stereocenters. The van der Waals surface area contributed by atoms with E-state index in [0.717, 1.165) is 16.7 Å². The van der Waals surface area contributed by atoms with E-state index in [2.05, 4.69) is 6.08 Å². The van der Waals surface area contributed by atoms with E-state index in [1.165, 1.54) is 20.3 Å². The molecular formula is C27H35NO9. The molecule has 0 N–H and O–H groups in total. The third kappa shape index (κ3) is 8.78. The van der Waals surface area contributed by atoms with Gasteiger partial charge in [-0.2, -0.15) is 0 Å². The van der Waals surface area contributed by atoms with Crippen molar-refractivity contribution in [1.29, 1.82) is 0 Å². The molecule has 0 saturated carbocycles. The Labute approximate surface area is 217 Å². The Morgan fingerprint density at radius 3 is 1.92 bits per heavy atom. The van der Waals surface area contributed by atoms with Crippen molar-refractivity contribution in [2.45, 2.75) is 33.5 Å². The van der Waals surface area contributed by atoms with Gasteiger partial charge in [-0.25, -0.2) is 0 Å². The molecule has 202 valence electrons. The minimum absolute atomic E-state index is 0.00636. The first-order valence-electron chi connectivity index (χ1n) is 11.5. The number of methoxy groups -OCH3 is 4. The first-order valence-corrected chi connectivity index (χ1v) is 11.5.